The Labute approximate surface area is 284 Å². The third-order valence-corrected chi connectivity index (χ3v) is 10.4. The lowest BCUT2D eigenvalue weighted by atomic mass is 9.98. The van der Waals surface area contributed by atoms with Crippen molar-refractivity contribution in [3.05, 3.63) is 188 Å². The fraction of sp³-hybridized carbons (Fsp3) is 0. The summed E-state index contributed by atoms with van der Waals surface area (Å²) in [6.07, 6.45) is 0. The molecule has 1 heterocycles. The largest absolute Gasteiger partial charge is 0.310 e. The molecule has 1 aromatic heterocycles. The van der Waals surface area contributed by atoms with E-state index in [1.807, 2.05) is 11.3 Å². The number of rotatable bonds is 6. The van der Waals surface area contributed by atoms with Gasteiger partial charge in [-0.3, -0.25) is 0 Å². The number of thiophene rings is 1. The van der Waals surface area contributed by atoms with Gasteiger partial charge in [-0.2, -0.15) is 0 Å². The van der Waals surface area contributed by atoms with Crippen molar-refractivity contribution < 1.29 is 0 Å². The minimum absolute atomic E-state index is 1.11. The molecule has 8 aromatic carbocycles. The lowest BCUT2D eigenvalue weighted by Gasteiger charge is -2.26. The highest BCUT2D eigenvalue weighted by Gasteiger charge is 2.15. The Balaban J connectivity index is 1.14. The van der Waals surface area contributed by atoms with Gasteiger partial charge in [-0.05, 0) is 98.8 Å². The van der Waals surface area contributed by atoms with Crippen LogP contribution in [0.1, 0.15) is 0 Å². The Morgan fingerprint density at radius 3 is 1.69 bits per heavy atom. The minimum Gasteiger partial charge on any atom is -0.310 e. The topological polar surface area (TPSA) is 3.24 Å². The van der Waals surface area contributed by atoms with Gasteiger partial charge in [0.05, 0.1) is 0 Å². The van der Waals surface area contributed by atoms with E-state index in [4.69, 9.17) is 0 Å². The summed E-state index contributed by atoms with van der Waals surface area (Å²) in [4.78, 5) is 2.36. The number of fused-ring (bicyclic) bond motifs is 4. The van der Waals surface area contributed by atoms with Crippen LogP contribution in [-0.4, -0.2) is 0 Å². The van der Waals surface area contributed by atoms with E-state index in [-0.39, 0.29) is 0 Å². The summed E-state index contributed by atoms with van der Waals surface area (Å²) in [6, 6.07) is 68.2. The van der Waals surface area contributed by atoms with Gasteiger partial charge in [-0.15, -0.1) is 11.3 Å². The average molecular weight is 630 g/mol. The van der Waals surface area contributed by atoms with Gasteiger partial charge in [0.15, 0.2) is 0 Å². The summed E-state index contributed by atoms with van der Waals surface area (Å²) >= 11 is 1.86. The number of anilines is 3. The first-order valence-corrected chi connectivity index (χ1v) is 17.2. The molecule has 0 amide bonds. The zero-order valence-corrected chi connectivity index (χ0v) is 27.1. The van der Waals surface area contributed by atoms with Gasteiger partial charge in [0.2, 0.25) is 0 Å². The smallest absolute Gasteiger partial charge is 0.0467 e. The summed E-state index contributed by atoms with van der Waals surface area (Å²) in [7, 11) is 0. The molecule has 0 saturated carbocycles. The van der Waals surface area contributed by atoms with Crippen LogP contribution < -0.4 is 4.90 Å². The first-order chi connectivity index (χ1) is 23.8. The van der Waals surface area contributed by atoms with Gasteiger partial charge >= 0.3 is 0 Å². The van der Waals surface area contributed by atoms with E-state index in [2.05, 4.69) is 193 Å². The van der Waals surface area contributed by atoms with Crippen molar-refractivity contribution in [3.63, 3.8) is 0 Å². The molecule has 226 valence electrons. The van der Waals surface area contributed by atoms with E-state index >= 15 is 0 Å². The fourth-order valence-corrected chi connectivity index (χ4v) is 7.96. The molecule has 0 unspecified atom stereocenters. The molecule has 1 nitrogen and oxygen atoms in total. The molecule has 0 bridgehead atoms. The molecule has 2 heteroatoms. The van der Waals surface area contributed by atoms with Crippen LogP contribution in [0.4, 0.5) is 17.1 Å². The second-order valence-electron chi connectivity index (χ2n) is 12.2. The van der Waals surface area contributed by atoms with Crippen LogP contribution in [0.2, 0.25) is 0 Å². The molecular weight excluding hydrogens is 599 g/mol. The third kappa shape index (κ3) is 5.13. The Morgan fingerprint density at radius 2 is 0.875 bits per heavy atom. The summed E-state index contributed by atoms with van der Waals surface area (Å²) < 4.78 is 2.65. The van der Waals surface area contributed by atoms with E-state index in [1.54, 1.807) is 0 Å². The lowest BCUT2D eigenvalue weighted by Crippen LogP contribution is -2.10. The quantitative estimate of drug-likeness (QED) is 0.177. The highest BCUT2D eigenvalue weighted by molar-refractivity contribution is 7.25. The molecule has 0 saturated heterocycles. The molecule has 0 radical (unpaired) electrons. The molecule has 0 aliphatic heterocycles. The van der Waals surface area contributed by atoms with E-state index in [1.165, 1.54) is 64.3 Å². The van der Waals surface area contributed by atoms with Crippen LogP contribution in [0.25, 0.3) is 64.3 Å². The van der Waals surface area contributed by atoms with E-state index in [9.17, 15) is 0 Å². The predicted octanol–water partition coefficient (Wildman–Crippen LogP) is 13.7. The predicted molar refractivity (Wildman–Crippen MR) is 208 cm³/mol. The Morgan fingerprint density at radius 1 is 0.312 bits per heavy atom. The maximum Gasteiger partial charge on any atom is 0.0467 e. The molecule has 0 atom stereocenters. The van der Waals surface area contributed by atoms with Gasteiger partial charge in [0.1, 0.15) is 0 Å². The van der Waals surface area contributed by atoms with Crippen LogP contribution in [0, 0.1) is 0 Å². The molecule has 0 spiro atoms. The third-order valence-electron chi connectivity index (χ3n) is 9.27. The van der Waals surface area contributed by atoms with Crippen molar-refractivity contribution in [2.45, 2.75) is 0 Å². The van der Waals surface area contributed by atoms with Crippen molar-refractivity contribution in [2.75, 3.05) is 4.90 Å². The highest BCUT2D eigenvalue weighted by Crippen LogP contribution is 2.41. The van der Waals surface area contributed by atoms with E-state index in [0.717, 1.165) is 17.1 Å². The van der Waals surface area contributed by atoms with Crippen LogP contribution >= 0.6 is 11.3 Å². The van der Waals surface area contributed by atoms with Crippen molar-refractivity contribution in [2.24, 2.45) is 0 Å². The first-order valence-electron chi connectivity index (χ1n) is 16.3. The van der Waals surface area contributed by atoms with Gasteiger partial charge < -0.3 is 4.90 Å². The van der Waals surface area contributed by atoms with Crippen molar-refractivity contribution >= 4 is 59.3 Å². The summed E-state index contributed by atoms with van der Waals surface area (Å²) in [5, 5.41) is 5.16. The summed E-state index contributed by atoms with van der Waals surface area (Å²) in [6.45, 7) is 0. The highest BCUT2D eigenvalue weighted by atomic mass is 32.1. The molecule has 9 rings (SSSR count). The second kappa shape index (κ2) is 12.0. The van der Waals surface area contributed by atoms with Crippen LogP contribution in [-0.2, 0) is 0 Å². The minimum atomic E-state index is 1.11. The van der Waals surface area contributed by atoms with Gasteiger partial charge in [0.25, 0.3) is 0 Å². The molecule has 0 aliphatic rings. The number of nitrogens with zero attached hydrogens (tertiary/aromatic N) is 1. The van der Waals surface area contributed by atoms with Crippen molar-refractivity contribution in [1.82, 2.24) is 0 Å². The number of benzene rings is 8. The Kier molecular flexibility index (Phi) is 7.07. The Bertz CT molecular complexity index is 2540. The van der Waals surface area contributed by atoms with Gasteiger partial charge in [0, 0.05) is 37.2 Å². The van der Waals surface area contributed by atoms with Crippen LogP contribution in [0.3, 0.4) is 0 Å². The molecule has 9 aromatic rings. The number of hydrogen-bond acceptors (Lipinski definition) is 2. The Hall–Kier alpha value is -5.96. The van der Waals surface area contributed by atoms with Crippen molar-refractivity contribution in [3.8, 4) is 33.4 Å². The van der Waals surface area contributed by atoms with Gasteiger partial charge in [-0.1, -0.05) is 133 Å². The second-order valence-corrected chi connectivity index (χ2v) is 13.3. The lowest BCUT2D eigenvalue weighted by molar-refractivity contribution is 1.28. The SMILES string of the molecule is c1ccc(-c2ccc(N(c3ccc(-c4cccc5ccccc45)cc3)c3cccc(-c4ccc5sc6ccccc6c5c4)c3)cc2)cc1. The normalized spacial score (nSPS) is 11.3. The molecular formula is C46H31NS. The van der Waals surface area contributed by atoms with Crippen LogP contribution in [0.5, 0.6) is 0 Å². The first kappa shape index (κ1) is 28.3. The molecule has 48 heavy (non-hydrogen) atoms. The molecule has 0 fully saturated rings. The zero-order valence-electron chi connectivity index (χ0n) is 26.3. The van der Waals surface area contributed by atoms with Crippen molar-refractivity contribution in [1.29, 1.82) is 0 Å². The molecule has 0 N–H and O–H groups in total. The van der Waals surface area contributed by atoms with Crippen LogP contribution in [0.15, 0.2) is 188 Å². The molecule has 0 aliphatic carbocycles. The fourth-order valence-electron chi connectivity index (χ4n) is 6.88. The number of hydrogen-bond donors (Lipinski definition) is 0. The standard InChI is InChI=1S/C46H31NS/c1-2-10-32(11-3-1)33-20-25-38(26-21-33)47(39-27-22-35(23-28-39)42-18-9-13-34-12-4-5-16-41(34)42)40-15-8-14-36(30-40)37-24-29-46-44(31-37)43-17-6-7-19-45(43)48-46/h1-31H. The monoisotopic (exact) mass is 629 g/mol. The maximum atomic E-state index is 2.36. The summed E-state index contributed by atoms with van der Waals surface area (Å²) in [5.41, 5.74) is 10.6. The van der Waals surface area contributed by atoms with E-state index in [0.29, 0.717) is 0 Å². The van der Waals surface area contributed by atoms with Gasteiger partial charge in [-0.25, -0.2) is 0 Å². The summed E-state index contributed by atoms with van der Waals surface area (Å²) in [5.74, 6) is 0. The maximum absolute atomic E-state index is 2.36. The average Bonchev–Trinajstić information content (AvgIpc) is 3.54. The zero-order chi connectivity index (χ0) is 31.9. The van der Waals surface area contributed by atoms with E-state index < -0.39 is 0 Å².